The quantitative estimate of drug-likeness (QED) is 0.661. The molecule has 0 aromatic heterocycles. The van der Waals surface area contributed by atoms with Crippen LogP contribution in [0.1, 0.15) is 27.0 Å². The van der Waals surface area contributed by atoms with Crippen LogP contribution < -0.4 is 10.0 Å². The van der Waals surface area contributed by atoms with Crippen LogP contribution >= 0.6 is 0 Å². The zero-order valence-electron chi connectivity index (χ0n) is 16.0. The number of nitrogens with one attached hydrogen (secondary N) is 2. The smallest absolute Gasteiger partial charge is 0.261 e. The summed E-state index contributed by atoms with van der Waals surface area (Å²) in [6.45, 7) is 5.71. The molecule has 2 N–H and O–H groups in total. The highest BCUT2D eigenvalue weighted by Crippen LogP contribution is 2.21. The normalized spacial score (nSPS) is 11.1. The minimum atomic E-state index is -3.74. The van der Waals surface area contributed by atoms with Crippen LogP contribution in [0.5, 0.6) is 0 Å². The number of anilines is 2. The summed E-state index contributed by atoms with van der Waals surface area (Å²) in [5.41, 5.74) is 4.51. The Bertz CT molecular complexity index is 1100. The van der Waals surface area contributed by atoms with Gasteiger partial charge < -0.3 is 5.32 Å². The van der Waals surface area contributed by atoms with Crippen LogP contribution in [0.2, 0.25) is 0 Å². The second-order valence-corrected chi connectivity index (χ2v) is 8.45. The van der Waals surface area contributed by atoms with E-state index in [1.165, 1.54) is 24.3 Å². The summed E-state index contributed by atoms with van der Waals surface area (Å²) in [6.07, 6.45) is 0. The lowest BCUT2D eigenvalue weighted by Crippen LogP contribution is -2.15. The van der Waals surface area contributed by atoms with E-state index in [-0.39, 0.29) is 10.8 Å². The zero-order valence-corrected chi connectivity index (χ0v) is 16.8. The van der Waals surface area contributed by atoms with Gasteiger partial charge in [-0.1, -0.05) is 29.8 Å². The Balaban J connectivity index is 1.76. The van der Waals surface area contributed by atoms with E-state index < -0.39 is 10.0 Å². The van der Waals surface area contributed by atoms with E-state index in [0.717, 1.165) is 16.7 Å². The Labute approximate surface area is 165 Å². The van der Waals surface area contributed by atoms with Crippen molar-refractivity contribution < 1.29 is 13.2 Å². The van der Waals surface area contributed by atoms with Crippen molar-refractivity contribution in [3.05, 3.63) is 89.0 Å². The molecule has 0 atom stereocenters. The fourth-order valence-corrected chi connectivity index (χ4v) is 3.80. The number of carbonyl (C=O) groups excluding carboxylic acids is 1. The Kier molecular flexibility index (Phi) is 5.51. The lowest BCUT2D eigenvalue weighted by atomic mass is 10.1. The van der Waals surface area contributed by atoms with Crippen LogP contribution in [-0.4, -0.2) is 14.3 Å². The molecular weight excluding hydrogens is 372 g/mol. The molecule has 28 heavy (non-hydrogen) atoms. The first-order chi connectivity index (χ1) is 13.2. The van der Waals surface area contributed by atoms with Gasteiger partial charge in [0.05, 0.1) is 10.6 Å². The average molecular weight is 394 g/mol. The third-order valence-electron chi connectivity index (χ3n) is 4.37. The monoisotopic (exact) mass is 394 g/mol. The van der Waals surface area contributed by atoms with Gasteiger partial charge in [0.25, 0.3) is 15.9 Å². The first-order valence-corrected chi connectivity index (χ1v) is 10.3. The van der Waals surface area contributed by atoms with Crippen molar-refractivity contribution in [1.82, 2.24) is 0 Å². The molecule has 3 rings (SSSR count). The van der Waals surface area contributed by atoms with E-state index in [4.69, 9.17) is 0 Å². The molecular formula is C22H22N2O3S. The number of hydrogen-bond donors (Lipinski definition) is 2. The highest BCUT2D eigenvalue weighted by atomic mass is 32.2. The first kappa shape index (κ1) is 19.6. The standard InChI is InChI=1S/C22H22N2O3S/c1-15-5-10-19(11-6-15)23-22(25)18-8-12-20(13-9-18)28(26,27)24-21-14-16(2)4-7-17(21)3/h4-14,24H,1-3H3,(H,23,25). The topological polar surface area (TPSA) is 75.3 Å². The molecule has 3 aromatic rings. The minimum Gasteiger partial charge on any atom is -0.322 e. The second-order valence-electron chi connectivity index (χ2n) is 6.77. The van der Waals surface area contributed by atoms with Crippen LogP contribution in [0.15, 0.2) is 71.6 Å². The molecule has 0 aliphatic carbocycles. The second kappa shape index (κ2) is 7.86. The third-order valence-corrected chi connectivity index (χ3v) is 5.76. The lowest BCUT2D eigenvalue weighted by molar-refractivity contribution is 0.102. The molecule has 0 saturated carbocycles. The first-order valence-electron chi connectivity index (χ1n) is 8.83. The molecule has 0 unspecified atom stereocenters. The molecule has 0 spiro atoms. The zero-order chi connectivity index (χ0) is 20.3. The van der Waals surface area contributed by atoms with Crippen molar-refractivity contribution in [2.45, 2.75) is 25.7 Å². The van der Waals surface area contributed by atoms with Gasteiger partial charge in [-0.25, -0.2) is 8.42 Å². The molecule has 144 valence electrons. The molecule has 6 heteroatoms. The molecule has 5 nitrogen and oxygen atoms in total. The maximum Gasteiger partial charge on any atom is 0.261 e. The van der Waals surface area contributed by atoms with Crippen LogP contribution in [0.3, 0.4) is 0 Å². The van der Waals surface area contributed by atoms with Gasteiger partial charge in [0.15, 0.2) is 0 Å². The van der Waals surface area contributed by atoms with Gasteiger partial charge in [-0.05, 0) is 74.4 Å². The van der Waals surface area contributed by atoms with E-state index in [1.807, 2.05) is 57.2 Å². The highest BCUT2D eigenvalue weighted by molar-refractivity contribution is 7.92. The van der Waals surface area contributed by atoms with Crippen molar-refractivity contribution in [3.63, 3.8) is 0 Å². The Morgan fingerprint density at radius 2 is 1.39 bits per heavy atom. The van der Waals surface area contributed by atoms with Crippen molar-refractivity contribution in [1.29, 1.82) is 0 Å². The molecule has 0 heterocycles. The molecule has 1 amide bonds. The van der Waals surface area contributed by atoms with E-state index in [9.17, 15) is 13.2 Å². The van der Waals surface area contributed by atoms with Crippen LogP contribution in [0.4, 0.5) is 11.4 Å². The molecule has 0 saturated heterocycles. The summed E-state index contributed by atoms with van der Waals surface area (Å²) in [5.74, 6) is -0.296. The Morgan fingerprint density at radius 3 is 2.04 bits per heavy atom. The van der Waals surface area contributed by atoms with Crippen molar-refractivity contribution in [2.75, 3.05) is 10.0 Å². The fraction of sp³-hybridized carbons (Fsp3) is 0.136. The van der Waals surface area contributed by atoms with Gasteiger partial charge in [0.1, 0.15) is 0 Å². The van der Waals surface area contributed by atoms with Crippen LogP contribution in [-0.2, 0) is 10.0 Å². The molecule has 0 fully saturated rings. The van der Waals surface area contributed by atoms with Gasteiger partial charge in [-0.15, -0.1) is 0 Å². The van der Waals surface area contributed by atoms with Gasteiger partial charge in [0, 0.05) is 11.3 Å². The SMILES string of the molecule is Cc1ccc(NC(=O)c2ccc(S(=O)(=O)Nc3cc(C)ccc3C)cc2)cc1. The predicted molar refractivity (Wildman–Crippen MR) is 112 cm³/mol. The van der Waals surface area contributed by atoms with E-state index >= 15 is 0 Å². The maximum atomic E-state index is 12.7. The number of sulfonamides is 1. The van der Waals surface area contributed by atoms with E-state index in [1.54, 1.807) is 6.07 Å². The van der Waals surface area contributed by atoms with Crippen molar-refractivity contribution >= 4 is 27.3 Å². The Morgan fingerprint density at radius 1 is 0.786 bits per heavy atom. The van der Waals surface area contributed by atoms with Gasteiger partial charge in [0.2, 0.25) is 0 Å². The summed E-state index contributed by atoms with van der Waals surface area (Å²) in [7, 11) is -3.74. The summed E-state index contributed by atoms with van der Waals surface area (Å²) in [5, 5.41) is 2.79. The summed E-state index contributed by atoms with van der Waals surface area (Å²) in [6, 6.07) is 18.9. The average Bonchev–Trinajstić information content (AvgIpc) is 2.66. The molecule has 0 radical (unpaired) electrons. The summed E-state index contributed by atoms with van der Waals surface area (Å²) >= 11 is 0. The third kappa shape index (κ3) is 4.58. The summed E-state index contributed by atoms with van der Waals surface area (Å²) < 4.78 is 27.9. The molecule has 0 aliphatic rings. The van der Waals surface area contributed by atoms with E-state index in [2.05, 4.69) is 10.0 Å². The molecule has 3 aromatic carbocycles. The summed E-state index contributed by atoms with van der Waals surface area (Å²) in [4.78, 5) is 12.5. The predicted octanol–water partition coefficient (Wildman–Crippen LogP) is 4.66. The number of benzene rings is 3. The largest absolute Gasteiger partial charge is 0.322 e. The number of carbonyl (C=O) groups is 1. The van der Waals surface area contributed by atoms with Gasteiger partial charge in [-0.2, -0.15) is 0 Å². The van der Waals surface area contributed by atoms with Gasteiger partial charge in [-0.3, -0.25) is 9.52 Å². The Hall–Kier alpha value is -3.12. The lowest BCUT2D eigenvalue weighted by Gasteiger charge is -2.12. The van der Waals surface area contributed by atoms with Crippen molar-refractivity contribution in [2.24, 2.45) is 0 Å². The minimum absolute atomic E-state index is 0.0975. The highest BCUT2D eigenvalue weighted by Gasteiger charge is 2.16. The number of amides is 1. The van der Waals surface area contributed by atoms with Crippen molar-refractivity contribution in [3.8, 4) is 0 Å². The number of rotatable bonds is 5. The van der Waals surface area contributed by atoms with Gasteiger partial charge >= 0.3 is 0 Å². The molecule has 0 aliphatic heterocycles. The molecule has 0 bridgehead atoms. The van der Waals surface area contributed by atoms with Crippen LogP contribution in [0.25, 0.3) is 0 Å². The van der Waals surface area contributed by atoms with E-state index in [0.29, 0.717) is 16.9 Å². The maximum absolute atomic E-state index is 12.7. The number of hydrogen-bond acceptors (Lipinski definition) is 3. The van der Waals surface area contributed by atoms with Crippen LogP contribution in [0, 0.1) is 20.8 Å². The fourth-order valence-electron chi connectivity index (χ4n) is 2.68. The number of aryl methyl sites for hydroxylation is 3.